The lowest BCUT2D eigenvalue weighted by Crippen LogP contribution is -2.12. The summed E-state index contributed by atoms with van der Waals surface area (Å²) in [6.45, 7) is 4.26. The van der Waals surface area contributed by atoms with Crippen molar-refractivity contribution in [3.8, 4) is 5.69 Å². The molecule has 4 rings (SSSR count). The van der Waals surface area contributed by atoms with Gasteiger partial charge in [-0.15, -0.1) is 10.2 Å². The highest BCUT2D eigenvalue weighted by Gasteiger charge is 2.16. The molecule has 31 heavy (non-hydrogen) atoms. The number of rotatable bonds is 5. The topological polar surface area (TPSA) is 103 Å². The number of nitro groups is 1. The minimum absolute atomic E-state index is 0.0184. The first kappa shape index (κ1) is 20.5. The third-order valence-electron chi connectivity index (χ3n) is 4.83. The second kappa shape index (κ2) is 8.16. The number of anilines is 1. The van der Waals surface area contributed by atoms with E-state index in [4.69, 9.17) is 11.6 Å². The molecule has 9 heteroatoms. The van der Waals surface area contributed by atoms with Gasteiger partial charge in [0, 0.05) is 17.8 Å². The summed E-state index contributed by atoms with van der Waals surface area (Å²) in [7, 11) is 0. The van der Waals surface area contributed by atoms with Gasteiger partial charge in [-0.3, -0.25) is 14.9 Å². The summed E-state index contributed by atoms with van der Waals surface area (Å²) in [6.07, 6.45) is 0. The van der Waals surface area contributed by atoms with Crippen molar-refractivity contribution in [1.82, 2.24) is 15.0 Å². The Morgan fingerprint density at radius 2 is 1.74 bits per heavy atom. The number of carbonyl (C=O) groups is 1. The van der Waals surface area contributed by atoms with Crippen LogP contribution in [0.5, 0.6) is 0 Å². The first-order valence-electron chi connectivity index (χ1n) is 9.54. The van der Waals surface area contributed by atoms with Crippen LogP contribution in [-0.2, 0) is 0 Å². The average molecular weight is 436 g/mol. The number of halogens is 1. The average Bonchev–Trinajstić information content (AvgIpc) is 3.17. The van der Waals surface area contributed by atoms with Gasteiger partial charge in [0.05, 0.1) is 21.2 Å². The Hall–Kier alpha value is -3.78. The molecule has 0 bridgehead atoms. The predicted molar refractivity (Wildman–Crippen MR) is 119 cm³/mol. The Balaban J connectivity index is 1.59. The summed E-state index contributed by atoms with van der Waals surface area (Å²) in [4.78, 5) is 24.5. The maximum atomic E-state index is 12.6. The Bertz CT molecular complexity index is 1300. The van der Waals surface area contributed by atoms with E-state index < -0.39 is 10.8 Å². The number of non-ortho nitro benzene ring substituents is 1. The number of aromatic nitrogens is 3. The number of benzene rings is 3. The standard InChI is InChI=1S/C22H18ClN5O3/c1-13(2)14-3-6-16(7-4-14)27-25-20-10-5-15(11-21(20)26-27)24-22(29)18-12-17(28(30)31)8-9-19(18)23/h3-13H,1-2H3,(H,24,29). The molecule has 1 aromatic heterocycles. The van der Waals surface area contributed by atoms with Gasteiger partial charge in [0.25, 0.3) is 11.6 Å². The maximum Gasteiger partial charge on any atom is 0.270 e. The molecule has 0 aliphatic carbocycles. The number of amides is 1. The molecule has 0 aliphatic heterocycles. The number of nitrogens with one attached hydrogen (secondary N) is 1. The van der Waals surface area contributed by atoms with E-state index in [0.717, 1.165) is 11.8 Å². The molecular weight excluding hydrogens is 418 g/mol. The van der Waals surface area contributed by atoms with Crippen LogP contribution >= 0.6 is 11.6 Å². The normalized spacial score (nSPS) is 11.1. The maximum absolute atomic E-state index is 12.6. The van der Waals surface area contributed by atoms with E-state index in [0.29, 0.717) is 22.6 Å². The van der Waals surface area contributed by atoms with Gasteiger partial charge in [0.15, 0.2) is 0 Å². The summed E-state index contributed by atoms with van der Waals surface area (Å²) in [6, 6.07) is 16.8. The van der Waals surface area contributed by atoms with Gasteiger partial charge < -0.3 is 5.32 Å². The summed E-state index contributed by atoms with van der Waals surface area (Å²) in [5, 5.41) is 22.8. The van der Waals surface area contributed by atoms with Gasteiger partial charge in [-0.25, -0.2) is 0 Å². The Kier molecular flexibility index (Phi) is 5.39. The second-order valence-corrected chi connectivity index (χ2v) is 7.72. The van der Waals surface area contributed by atoms with Crippen molar-refractivity contribution in [2.24, 2.45) is 0 Å². The molecule has 1 amide bonds. The van der Waals surface area contributed by atoms with Crippen molar-refractivity contribution in [2.45, 2.75) is 19.8 Å². The molecular formula is C22H18ClN5O3. The summed E-state index contributed by atoms with van der Waals surface area (Å²) in [5.41, 5.74) is 3.60. The van der Waals surface area contributed by atoms with Gasteiger partial charge in [-0.2, -0.15) is 4.80 Å². The molecule has 0 saturated carbocycles. The molecule has 0 radical (unpaired) electrons. The molecule has 1 N–H and O–H groups in total. The highest BCUT2D eigenvalue weighted by Crippen LogP contribution is 2.24. The van der Waals surface area contributed by atoms with E-state index in [1.165, 1.54) is 22.5 Å². The van der Waals surface area contributed by atoms with E-state index in [1.54, 1.807) is 18.2 Å². The molecule has 8 nitrogen and oxygen atoms in total. The van der Waals surface area contributed by atoms with Crippen LogP contribution in [0.3, 0.4) is 0 Å². The number of hydrogen-bond acceptors (Lipinski definition) is 5. The van der Waals surface area contributed by atoms with E-state index in [1.807, 2.05) is 24.3 Å². The van der Waals surface area contributed by atoms with Crippen LogP contribution in [0.25, 0.3) is 16.7 Å². The van der Waals surface area contributed by atoms with Crippen molar-refractivity contribution in [1.29, 1.82) is 0 Å². The fourth-order valence-electron chi connectivity index (χ4n) is 3.10. The lowest BCUT2D eigenvalue weighted by Gasteiger charge is -2.06. The minimum atomic E-state index is -0.578. The zero-order chi connectivity index (χ0) is 22.1. The highest BCUT2D eigenvalue weighted by atomic mass is 35.5. The first-order valence-corrected chi connectivity index (χ1v) is 9.92. The van der Waals surface area contributed by atoms with E-state index >= 15 is 0 Å². The van der Waals surface area contributed by atoms with E-state index in [2.05, 4.69) is 29.4 Å². The van der Waals surface area contributed by atoms with Crippen LogP contribution in [0.1, 0.15) is 35.7 Å². The zero-order valence-electron chi connectivity index (χ0n) is 16.7. The Morgan fingerprint density at radius 3 is 2.42 bits per heavy atom. The number of nitro benzene ring substituents is 1. The number of nitrogens with zero attached hydrogens (tertiary/aromatic N) is 4. The van der Waals surface area contributed by atoms with Crippen molar-refractivity contribution in [3.63, 3.8) is 0 Å². The SMILES string of the molecule is CC(C)c1ccc(-n2nc3ccc(NC(=O)c4cc([N+](=O)[O-])ccc4Cl)cc3n2)cc1. The number of fused-ring (bicyclic) bond motifs is 1. The van der Waals surface area contributed by atoms with Crippen LogP contribution in [0.15, 0.2) is 60.7 Å². The highest BCUT2D eigenvalue weighted by molar-refractivity contribution is 6.34. The lowest BCUT2D eigenvalue weighted by molar-refractivity contribution is -0.384. The summed E-state index contributed by atoms with van der Waals surface area (Å²) < 4.78 is 0. The van der Waals surface area contributed by atoms with E-state index in [-0.39, 0.29) is 16.3 Å². The predicted octanol–water partition coefficient (Wildman–Crippen LogP) is 5.36. The smallest absolute Gasteiger partial charge is 0.270 e. The second-order valence-electron chi connectivity index (χ2n) is 7.31. The third kappa shape index (κ3) is 4.24. The third-order valence-corrected chi connectivity index (χ3v) is 5.16. The summed E-state index contributed by atoms with van der Waals surface area (Å²) in [5.74, 6) is -0.117. The van der Waals surface area contributed by atoms with Crippen LogP contribution in [0, 0.1) is 10.1 Å². The largest absolute Gasteiger partial charge is 0.322 e. The molecule has 1 heterocycles. The van der Waals surface area contributed by atoms with Gasteiger partial charge >= 0.3 is 0 Å². The minimum Gasteiger partial charge on any atom is -0.322 e. The monoisotopic (exact) mass is 435 g/mol. The van der Waals surface area contributed by atoms with Crippen LogP contribution in [0.2, 0.25) is 5.02 Å². The lowest BCUT2D eigenvalue weighted by atomic mass is 10.0. The van der Waals surface area contributed by atoms with Gasteiger partial charge in [0.1, 0.15) is 11.0 Å². The summed E-state index contributed by atoms with van der Waals surface area (Å²) >= 11 is 6.05. The van der Waals surface area contributed by atoms with Crippen LogP contribution in [0.4, 0.5) is 11.4 Å². The van der Waals surface area contributed by atoms with Crippen molar-refractivity contribution in [2.75, 3.05) is 5.32 Å². The van der Waals surface area contributed by atoms with E-state index in [9.17, 15) is 14.9 Å². The van der Waals surface area contributed by atoms with Gasteiger partial charge in [-0.1, -0.05) is 37.6 Å². The van der Waals surface area contributed by atoms with Crippen molar-refractivity contribution in [3.05, 3.63) is 86.9 Å². The van der Waals surface area contributed by atoms with Crippen LogP contribution in [-0.4, -0.2) is 25.8 Å². The first-order chi connectivity index (χ1) is 14.8. The molecule has 0 spiro atoms. The number of carbonyl (C=O) groups excluding carboxylic acids is 1. The molecule has 0 unspecified atom stereocenters. The fourth-order valence-corrected chi connectivity index (χ4v) is 3.30. The molecule has 156 valence electrons. The molecule has 0 saturated heterocycles. The Morgan fingerprint density at radius 1 is 1.03 bits per heavy atom. The molecule has 3 aromatic carbocycles. The van der Waals surface area contributed by atoms with Crippen molar-refractivity contribution < 1.29 is 9.72 Å². The molecule has 0 aliphatic rings. The number of hydrogen-bond donors (Lipinski definition) is 1. The molecule has 0 atom stereocenters. The quantitative estimate of drug-likeness (QED) is 0.336. The van der Waals surface area contributed by atoms with Gasteiger partial charge in [-0.05, 0) is 47.9 Å². The van der Waals surface area contributed by atoms with Crippen LogP contribution < -0.4 is 5.32 Å². The Labute approximate surface area is 182 Å². The van der Waals surface area contributed by atoms with Gasteiger partial charge in [0.2, 0.25) is 0 Å². The molecule has 4 aromatic rings. The fraction of sp³-hybridized carbons (Fsp3) is 0.136. The van der Waals surface area contributed by atoms with Crippen molar-refractivity contribution >= 4 is 39.9 Å². The zero-order valence-corrected chi connectivity index (χ0v) is 17.5. The molecule has 0 fully saturated rings.